The smallest absolute Gasteiger partial charge is 0.239 e. The lowest BCUT2D eigenvalue weighted by Gasteiger charge is -2.20. The number of rotatable bonds is 22. The number of aliphatic hydroxyl groups is 2. The zero-order valence-electron chi connectivity index (χ0n) is 25.9. The molecule has 0 saturated carbocycles. The fraction of sp³-hybridized carbons (Fsp3) is 0.471. The third-order valence-corrected chi connectivity index (χ3v) is 9.16. The van der Waals surface area contributed by atoms with E-state index in [0.29, 0.717) is 56.0 Å². The van der Waals surface area contributed by atoms with E-state index in [2.05, 4.69) is 12.2 Å². The van der Waals surface area contributed by atoms with Crippen LogP contribution in [0.25, 0.3) is 0 Å². The number of hydrogen-bond donors (Lipinski definition) is 4. The molecule has 3 aromatic rings. The minimum Gasteiger partial charge on any atom is -0.508 e. The van der Waals surface area contributed by atoms with Gasteiger partial charge in [-0.3, -0.25) is 4.57 Å². The molecule has 3 atom stereocenters. The highest BCUT2D eigenvalue weighted by molar-refractivity contribution is 7.58. The number of ether oxygens (including phenoxy) is 3. The van der Waals surface area contributed by atoms with Crippen molar-refractivity contribution < 1.29 is 38.6 Å². The highest BCUT2D eigenvalue weighted by Crippen LogP contribution is 2.47. The first kappa shape index (κ1) is 35.6. The van der Waals surface area contributed by atoms with Crippen LogP contribution in [0, 0.1) is 0 Å². The fourth-order valence-electron chi connectivity index (χ4n) is 4.40. The maximum atomic E-state index is 13.5. The van der Waals surface area contributed by atoms with E-state index < -0.39 is 13.5 Å². The van der Waals surface area contributed by atoms with E-state index in [-0.39, 0.29) is 31.4 Å². The fourth-order valence-corrected chi connectivity index (χ4v) is 6.15. The Bertz CT molecular complexity index is 1260. The largest absolute Gasteiger partial charge is 0.508 e. The molecule has 0 aromatic heterocycles. The van der Waals surface area contributed by atoms with Crippen LogP contribution < -0.4 is 14.8 Å². The second-order valence-corrected chi connectivity index (χ2v) is 13.6. The minimum atomic E-state index is -2.98. The van der Waals surface area contributed by atoms with Gasteiger partial charge in [0, 0.05) is 30.9 Å². The van der Waals surface area contributed by atoms with E-state index in [1.807, 2.05) is 61.5 Å². The van der Waals surface area contributed by atoms with Crippen molar-refractivity contribution >= 4 is 7.37 Å². The predicted molar refractivity (Wildman–Crippen MR) is 173 cm³/mol. The van der Waals surface area contributed by atoms with Gasteiger partial charge >= 0.3 is 0 Å². The molecule has 0 radical (unpaired) electrons. The van der Waals surface area contributed by atoms with E-state index in [0.717, 1.165) is 30.4 Å². The Labute approximate surface area is 261 Å². The summed E-state index contributed by atoms with van der Waals surface area (Å²) in [5.74, 6) is 1.11. The zero-order chi connectivity index (χ0) is 31.6. The van der Waals surface area contributed by atoms with Crippen LogP contribution in [-0.4, -0.2) is 66.3 Å². The predicted octanol–water partition coefficient (Wildman–Crippen LogP) is 5.88. The Morgan fingerprint density at radius 2 is 1.66 bits per heavy atom. The van der Waals surface area contributed by atoms with Crippen LogP contribution in [0.1, 0.15) is 49.8 Å². The molecule has 3 rings (SSSR count). The van der Waals surface area contributed by atoms with Gasteiger partial charge in [0.2, 0.25) is 7.37 Å². The van der Waals surface area contributed by atoms with Gasteiger partial charge in [0.1, 0.15) is 30.0 Å². The first-order chi connectivity index (χ1) is 21.3. The van der Waals surface area contributed by atoms with Crippen LogP contribution in [0.15, 0.2) is 72.8 Å². The molecule has 0 spiro atoms. The van der Waals surface area contributed by atoms with Gasteiger partial charge < -0.3 is 39.4 Å². The summed E-state index contributed by atoms with van der Waals surface area (Å²) in [5, 5.41) is 32.6. The van der Waals surface area contributed by atoms with Crippen LogP contribution in [0.5, 0.6) is 17.2 Å². The third-order valence-electron chi connectivity index (χ3n) is 6.98. The Balaban J connectivity index is 1.38. The molecule has 0 aliphatic rings. The molecule has 242 valence electrons. The van der Waals surface area contributed by atoms with Gasteiger partial charge in [0.25, 0.3) is 0 Å². The number of phenols is 1. The molecule has 0 fully saturated rings. The average molecular weight is 630 g/mol. The van der Waals surface area contributed by atoms with E-state index in [1.165, 1.54) is 6.07 Å². The maximum Gasteiger partial charge on any atom is 0.239 e. The Kier molecular flexibility index (Phi) is 15.7. The van der Waals surface area contributed by atoms with Gasteiger partial charge in [-0.1, -0.05) is 55.8 Å². The first-order valence-electron chi connectivity index (χ1n) is 15.3. The molecule has 10 heteroatoms. The van der Waals surface area contributed by atoms with Crippen LogP contribution >= 0.6 is 7.37 Å². The lowest BCUT2D eigenvalue weighted by Crippen LogP contribution is -2.37. The van der Waals surface area contributed by atoms with Crippen molar-refractivity contribution in [1.82, 2.24) is 5.32 Å². The Morgan fingerprint density at radius 1 is 0.909 bits per heavy atom. The third kappa shape index (κ3) is 13.4. The zero-order valence-corrected chi connectivity index (χ0v) is 26.8. The molecular weight excluding hydrogens is 581 g/mol. The van der Waals surface area contributed by atoms with Crippen LogP contribution in [0.2, 0.25) is 0 Å². The lowest BCUT2D eigenvalue weighted by atomic mass is 10.1. The van der Waals surface area contributed by atoms with Crippen molar-refractivity contribution in [1.29, 1.82) is 0 Å². The average Bonchev–Trinajstić information content (AvgIpc) is 3.03. The quantitative estimate of drug-likeness (QED) is 0.0796. The van der Waals surface area contributed by atoms with Crippen LogP contribution in [0.4, 0.5) is 0 Å². The molecule has 0 bridgehead atoms. The summed E-state index contributed by atoms with van der Waals surface area (Å²) in [7, 11) is -2.98. The second kappa shape index (κ2) is 19.5. The number of unbranched alkanes of at least 4 members (excludes halogenated alkanes) is 1. The van der Waals surface area contributed by atoms with Gasteiger partial charge in [0.05, 0.1) is 19.8 Å². The Morgan fingerprint density at radius 3 is 2.39 bits per heavy atom. The van der Waals surface area contributed by atoms with Gasteiger partial charge in [0.15, 0.2) is 6.35 Å². The molecule has 44 heavy (non-hydrogen) atoms. The van der Waals surface area contributed by atoms with Crippen molar-refractivity contribution in [3.8, 4) is 17.2 Å². The standard InChI is InChI=1S/C34H48NO8P/c1-3-4-18-43-44(39,19-8-17-40-24-29-9-6-5-7-10-29)26-42-32-13-11-28(12-14-32)20-27(2)35-22-31(37)25-41-33-15-16-34(38)30(21-33)23-36/h5-7,9-16,21,27,31,35-38H,3-4,8,17-20,22-26H2,1-2H3. The number of nitrogens with one attached hydrogen (secondary N) is 1. The molecule has 3 unspecified atom stereocenters. The normalized spacial score (nSPS) is 14.1. The molecule has 0 aliphatic heterocycles. The molecule has 0 aliphatic carbocycles. The molecular formula is C34H48NO8P. The lowest BCUT2D eigenvalue weighted by molar-refractivity contribution is 0.104. The molecule has 9 nitrogen and oxygen atoms in total. The maximum absolute atomic E-state index is 13.5. The van der Waals surface area contributed by atoms with E-state index in [4.69, 9.17) is 18.7 Å². The van der Waals surface area contributed by atoms with Gasteiger partial charge in [-0.15, -0.1) is 0 Å². The van der Waals surface area contributed by atoms with Crippen LogP contribution in [0.3, 0.4) is 0 Å². The summed E-state index contributed by atoms with van der Waals surface area (Å²) < 4.78 is 36.7. The summed E-state index contributed by atoms with van der Waals surface area (Å²) in [4.78, 5) is 0. The summed E-state index contributed by atoms with van der Waals surface area (Å²) in [6.45, 7) is 5.73. The Hall–Kier alpha value is -2.91. The summed E-state index contributed by atoms with van der Waals surface area (Å²) in [6.07, 6.45) is 2.89. The summed E-state index contributed by atoms with van der Waals surface area (Å²) >= 11 is 0. The van der Waals surface area contributed by atoms with Gasteiger partial charge in [-0.2, -0.15) is 0 Å². The van der Waals surface area contributed by atoms with E-state index in [1.54, 1.807) is 12.1 Å². The van der Waals surface area contributed by atoms with Crippen molar-refractivity contribution in [3.05, 3.63) is 89.5 Å². The number of aliphatic hydroxyl groups excluding tert-OH is 2. The second-order valence-electron chi connectivity index (χ2n) is 11.0. The summed E-state index contributed by atoms with van der Waals surface area (Å²) in [6, 6.07) is 22.4. The first-order valence-corrected chi connectivity index (χ1v) is 17.3. The number of aromatic hydroxyl groups is 1. The molecule has 0 heterocycles. The van der Waals surface area contributed by atoms with Crippen molar-refractivity contribution in [3.63, 3.8) is 0 Å². The number of benzene rings is 3. The highest BCUT2D eigenvalue weighted by Gasteiger charge is 2.24. The van der Waals surface area contributed by atoms with Crippen LogP contribution in [-0.2, 0) is 33.5 Å². The van der Waals surface area contributed by atoms with Gasteiger partial charge in [-0.05, 0) is 67.6 Å². The van der Waals surface area contributed by atoms with E-state index in [9.17, 15) is 19.9 Å². The minimum absolute atomic E-state index is 0.00293. The van der Waals surface area contributed by atoms with Gasteiger partial charge in [-0.25, -0.2) is 0 Å². The van der Waals surface area contributed by atoms with Crippen molar-refractivity contribution in [2.24, 2.45) is 0 Å². The van der Waals surface area contributed by atoms with Crippen molar-refractivity contribution in [2.45, 2.75) is 64.9 Å². The summed E-state index contributed by atoms with van der Waals surface area (Å²) in [5.41, 5.74) is 2.58. The number of hydrogen-bond acceptors (Lipinski definition) is 9. The SMILES string of the molecule is CCCCOP(=O)(CCCOCc1ccccc1)COc1ccc(CC(C)NCC(O)COc2ccc(O)c(CO)c2)cc1. The molecule has 0 amide bonds. The van der Waals surface area contributed by atoms with Crippen molar-refractivity contribution in [2.75, 3.05) is 38.9 Å². The molecule has 0 saturated heterocycles. The molecule has 3 aromatic carbocycles. The molecule has 4 N–H and O–H groups in total. The van der Waals surface area contributed by atoms with E-state index >= 15 is 0 Å². The highest BCUT2D eigenvalue weighted by atomic mass is 31.2. The monoisotopic (exact) mass is 629 g/mol. The topological polar surface area (TPSA) is 127 Å².